The molecule has 7 nitrogen and oxygen atoms in total. The molecule has 1 aromatic carbocycles. The monoisotopic (exact) mass is 412 g/mol. The van der Waals surface area contributed by atoms with Crippen LogP contribution in [0.2, 0.25) is 0 Å². The minimum absolute atomic E-state index is 0.196. The zero-order chi connectivity index (χ0) is 21.3. The van der Waals surface area contributed by atoms with Crippen LogP contribution >= 0.6 is 0 Å². The highest BCUT2D eigenvalue weighted by molar-refractivity contribution is 5.86. The standard InChI is InChI=1S/C23H28N2O5/c1-14-19(10-9-17-16-6-3-7-18(16)23(28)30-21(14)17)29-15(2)22(27)24-11-5-13-25-12-4-8-20(25)26/h9-10,15H,3-8,11-13H2,1-2H3,(H,24,27). The van der Waals surface area contributed by atoms with Crippen molar-refractivity contribution >= 4 is 22.8 Å². The zero-order valence-electron chi connectivity index (χ0n) is 17.6. The van der Waals surface area contributed by atoms with E-state index in [4.69, 9.17) is 9.15 Å². The number of rotatable bonds is 7. The minimum atomic E-state index is -0.685. The molecule has 0 spiro atoms. The first-order chi connectivity index (χ1) is 14.5. The Morgan fingerprint density at radius 2 is 2.00 bits per heavy atom. The number of amides is 2. The highest BCUT2D eigenvalue weighted by atomic mass is 16.5. The topological polar surface area (TPSA) is 88.9 Å². The molecular formula is C23H28N2O5. The summed E-state index contributed by atoms with van der Waals surface area (Å²) in [7, 11) is 0. The Hall–Kier alpha value is -2.83. The summed E-state index contributed by atoms with van der Waals surface area (Å²) in [4.78, 5) is 38.1. The SMILES string of the molecule is Cc1c(OC(C)C(=O)NCCCN2CCCC2=O)ccc2c3c(c(=O)oc12)CCC3. The lowest BCUT2D eigenvalue weighted by Gasteiger charge is -2.18. The number of nitrogens with zero attached hydrogens (tertiary/aromatic N) is 1. The fourth-order valence-corrected chi connectivity index (χ4v) is 4.40. The summed E-state index contributed by atoms with van der Waals surface area (Å²) in [6.45, 7) is 5.52. The van der Waals surface area contributed by atoms with E-state index in [1.807, 2.05) is 24.0 Å². The zero-order valence-corrected chi connectivity index (χ0v) is 17.6. The molecule has 1 atom stereocenters. The molecule has 1 aromatic heterocycles. The molecule has 1 aliphatic heterocycles. The lowest BCUT2D eigenvalue weighted by atomic mass is 10.0. The predicted octanol–water partition coefficient (Wildman–Crippen LogP) is 2.49. The van der Waals surface area contributed by atoms with Crippen molar-refractivity contribution in [1.29, 1.82) is 0 Å². The smallest absolute Gasteiger partial charge is 0.339 e. The number of ether oxygens (including phenoxy) is 1. The van der Waals surface area contributed by atoms with Crippen LogP contribution in [0.3, 0.4) is 0 Å². The fraction of sp³-hybridized carbons (Fsp3) is 0.522. The van der Waals surface area contributed by atoms with Gasteiger partial charge in [0.1, 0.15) is 11.3 Å². The largest absolute Gasteiger partial charge is 0.480 e. The van der Waals surface area contributed by atoms with Gasteiger partial charge >= 0.3 is 5.63 Å². The molecule has 2 aromatic rings. The van der Waals surface area contributed by atoms with E-state index in [1.165, 1.54) is 0 Å². The van der Waals surface area contributed by atoms with Crippen molar-refractivity contribution < 1.29 is 18.7 Å². The number of carbonyl (C=O) groups excluding carboxylic acids is 2. The first-order valence-electron chi connectivity index (χ1n) is 10.8. The molecule has 2 aliphatic rings. The van der Waals surface area contributed by atoms with E-state index < -0.39 is 6.10 Å². The third kappa shape index (κ3) is 3.93. The fourth-order valence-electron chi connectivity index (χ4n) is 4.40. The number of fused-ring (bicyclic) bond motifs is 3. The van der Waals surface area contributed by atoms with Gasteiger partial charge in [0, 0.05) is 42.6 Å². The summed E-state index contributed by atoms with van der Waals surface area (Å²) >= 11 is 0. The van der Waals surface area contributed by atoms with Crippen molar-refractivity contribution in [3.8, 4) is 5.75 Å². The maximum atomic E-state index is 12.4. The predicted molar refractivity (Wildman–Crippen MR) is 113 cm³/mol. The van der Waals surface area contributed by atoms with Crippen LogP contribution in [0.5, 0.6) is 5.75 Å². The van der Waals surface area contributed by atoms with Gasteiger partial charge < -0.3 is 19.4 Å². The molecule has 0 radical (unpaired) electrons. The molecule has 0 bridgehead atoms. The van der Waals surface area contributed by atoms with Crippen molar-refractivity contribution in [3.05, 3.63) is 39.2 Å². The highest BCUT2D eigenvalue weighted by Gasteiger charge is 2.23. The number of benzene rings is 1. The van der Waals surface area contributed by atoms with Crippen LogP contribution < -0.4 is 15.7 Å². The Morgan fingerprint density at radius 3 is 2.77 bits per heavy atom. The van der Waals surface area contributed by atoms with Gasteiger partial charge in [0.25, 0.3) is 5.91 Å². The molecule has 1 saturated heterocycles. The number of carbonyl (C=O) groups is 2. The summed E-state index contributed by atoms with van der Waals surface area (Å²) in [5.74, 6) is 0.522. The summed E-state index contributed by atoms with van der Waals surface area (Å²) in [6.07, 6.45) is 4.22. The molecule has 160 valence electrons. The van der Waals surface area contributed by atoms with Crippen LogP contribution in [0.1, 0.15) is 49.3 Å². The molecule has 2 heterocycles. The van der Waals surface area contributed by atoms with Gasteiger partial charge in [-0.25, -0.2) is 4.79 Å². The summed E-state index contributed by atoms with van der Waals surface area (Å²) in [6, 6.07) is 3.77. The van der Waals surface area contributed by atoms with E-state index in [9.17, 15) is 14.4 Å². The second-order valence-electron chi connectivity index (χ2n) is 8.15. The molecule has 30 heavy (non-hydrogen) atoms. The molecule has 4 rings (SSSR count). The Balaban J connectivity index is 1.38. The first-order valence-corrected chi connectivity index (χ1v) is 10.8. The van der Waals surface area contributed by atoms with Gasteiger partial charge in [-0.05, 0) is 63.6 Å². The van der Waals surface area contributed by atoms with Crippen molar-refractivity contribution in [2.24, 2.45) is 0 Å². The van der Waals surface area contributed by atoms with Gasteiger partial charge in [-0.15, -0.1) is 0 Å². The van der Waals surface area contributed by atoms with Gasteiger partial charge in [0.15, 0.2) is 6.10 Å². The maximum absolute atomic E-state index is 12.4. The molecule has 1 aliphatic carbocycles. The maximum Gasteiger partial charge on any atom is 0.339 e. The summed E-state index contributed by atoms with van der Waals surface area (Å²) in [5.41, 5.74) is 2.88. The Morgan fingerprint density at radius 1 is 1.20 bits per heavy atom. The van der Waals surface area contributed by atoms with Gasteiger partial charge in [-0.1, -0.05) is 0 Å². The molecule has 1 unspecified atom stereocenters. The van der Waals surface area contributed by atoms with Gasteiger partial charge in [-0.2, -0.15) is 0 Å². The Bertz CT molecular complexity index is 1040. The Labute approximate surface area is 175 Å². The third-order valence-electron chi connectivity index (χ3n) is 6.09. The van der Waals surface area contributed by atoms with Gasteiger partial charge in [-0.3, -0.25) is 9.59 Å². The van der Waals surface area contributed by atoms with E-state index in [1.54, 1.807) is 6.92 Å². The summed E-state index contributed by atoms with van der Waals surface area (Å²) < 4.78 is 11.5. The molecular weight excluding hydrogens is 384 g/mol. The molecule has 1 N–H and O–H groups in total. The lowest BCUT2D eigenvalue weighted by Crippen LogP contribution is -2.38. The van der Waals surface area contributed by atoms with Crippen molar-refractivity contribution in [2.45, 2.75) is 58.5 Å². The normalized spacial score (nSPS) is 16.7. The van der Waals surface area contributed by atoms with Crippen LogP contribution in [-0.2, 0) is 22.4 Å². The lowest BCUT2D eigenvalue weighted by molar-refractivity contribution is -0.127. The third-order valence-corrected chi connectivity index (χ3v) is 6.09. The molecule has 1 fully saturated rings. The van der Waals surface area contributed by atoms with E-state index >= 15 is 0 Å². The highest BCUT2D eigenvalue weighted by Crippen LogP contribution is 2.33. The van der Waals surface area contributed by atoms with E-state index in [-0.39, 0.29) is 17.4 Å². The van der Waals surface area contributed by atoms with Crippen LogP contribution in [-0.4, -0.2) is 42.5 Å². The van der Waals surface area contributed by atoms with Gasteiger partial charge in [0.05, 0.1) is 0 Å². The second kappa shape index (κ2) is 8.50. The van der Waals surface area contributed by atoms with E-state index in [0.717, 1.165) is 60.7 Å². The average molecular weight is 412 g/mol. The van der Waals surface area contributed by atoms with Crippen LogP contribution in [0.25, 0.3) is 11.0 Å². The number of nitrogens with one attached hydrogen (secondary N) is 1. The number of aryl methyl sites for hydroxylation is 2. The van der Waals surface area contributed by atoms with Crippen LogP contribution in [0.4, 0.5) is 0 Å². The van der Waals surface area contributed by atoms with Crippen molar-refractivity contribution in [1.82, 2.24) is 10.2 Å². The molecule has 7 heteroatoms. The molecule has 2 amide bonds. The minimum Gasteiger partial charge on any atom is -0.480 e. The number of hydrogen-bond donors (Lipinski definition) is 1. The number of likely N-dealkylation sites (tertiary alicyclic amines) is 1. The molecule has 0 saturated carbocycles. The van der Waals surface area contributed by atoms with Crippen LogP contribution in [0, 0.1) is 6.92 Å². The number of hydrogen-bond acceptors (Lipinski definition) is 5. The first kappa shape index (κ1) is 20.4. The second-order valence-corrected chi connectivity index (χ2v) is 8.15. The van der Waals surface area contributed by atoms with Gasteiger partial charge in [0.2, 0.25) is 5.91 Å². The van der Waals surface area contributed by atoms with Crippen LogP contribution in [0.15, 0.2) is 21.3 Å². The Kier molecular flexibility index (Phi) is 5.79. The van der Waals surface area contributed by atoms with E-state index in [0.29, 0.717) is 30.8 Å². The summed E-state index contributed by atoms with van der Waals surface area (Å²) in [5, 5.41) is 3.82. The quantitative estimate of drug-likeness (QED) is 0.558. The van der Waals surface area contributed by atoms with Crippen molar-refractivity contribution in [3.63, 3.8) is 0 Å². The average Bonchev–Trinajstić information content (AvgIpc) is 3.37. The van der Waals surface area contributed by atoms with E-state index in [2.05, 4.69) is 5.32 Å². The van der Waals surface area contributed by atoms with Crippen molar-refractivity contribution in [2.75, 3.05) is 19.6 Å².